The number of carbonyl (C=O) groups excluding carboxylic acids is 1. The molecule has 1 aliphatic rings. The molecule has 0 spiro atoms. The van der Waals surface area contributed by atoms with Gasteiger partial charge < -0.3 is 9.32 Å². The molecular formula is C23H24BrN3O2. The highest BCUT2D eigenvalue weighted by molar-refractivity contribution is 9.10. The first-order valence-corrected chi connectivity index (χ1v) is 10.4. The second-order valence-electron chi connectivity index (χ2n) is 8.29. The number of halogens is 1. The lowest BCUT2D eigenvalue weighted by Gasteiger charge is -2.45. The SMILES string of the molecule is CC1CC(C)(C)N(C)c2ccc(/C=N/NC(=O)c3cc4cc(Br)ccc4o3)cc21. The summed E-state index contributed by atoms with van der Waals surface area (Å²) in [5.74, 6) is 0.327. The molecule has 0 radical (unpaired) electrons. The zero-order chi connectivity index (χ0) is 20.8. The predicted octanol–water partition coefficient (Wildman–Crippen LogP) is 5.68. The summed E-state index contributed by atoms with van der Waals surface area (Å²) in [6.45, 7) is 6.80. The number of hydrazone groups is 1. The third kappa shape index (κ3) is 3.81. The Kier molecular flexibility index (Phi) is 4.99. The number of amides is 1. The highest BCUT2D eigenvalue weighted by Gasteiger charge is 2.33. The van der Waals surface area contributed by atoms with E-state index in [0.29, 0.717) is 11.5 Å². The lowest BCUT2D eigenvalue weighted by Crippen LogP contribution is -2.45. The van der Waals surface area contributed by atoms with Gasteiger partial charge in [-0.1, -0.05) is 28.9 Å². The summed E-state index contributed by atoms with van der Waals surface area (Å²) in [5, 5.41) is 4.98. The molecule has 0 aliphatic carbocycles. The molecule has 1 aliphatic heterocycles. The molecule has 3 aromatic rings. The normalized spacial score (nSPS) is 18.2. The number of anilines is 1. The summed E-state index contributed by atoms with van der Waals surface area (Å²) in [5.41, 5.74) is 6.87. The number of nitrogens with zero attached hydrogens (tertiary/aromatic N) is 2. The first kappa shape index (κ1) is 19.7. The van der Waals surface area contributed by atoms with Crippen molar-refractivity contribution in [3.05, 3.63) is 63.8 Å². The van der Waals surface area contributed by atoms with Gasteiger partial charge in [0.1, 0.15) is 5.58 Å². The Morgan fingerprint density at radius 1 is 1.28 bits per heavy atom. The van der Waals surface area contributed by atoms with Crippen molar-refractivity contribution in [2.45, 2.75) is 38.6 Å². The van der Waals surface area contributed by atoms with E-state index >= 15 is 0 Å². The molecule has 29 heavy (non-hydrogen) atoms. The Balaban J connectivity index is 1.49. The highest BCUT2D eigenvalue weighted by Crippen LogP contribution is 2.42. The molecular weight excluding hydrogens is 430 g/mol. The number of benzene rings is 2. The molecule has 2 aromatic carbocycles. The van der Waals surface area contributed by atoms with Gasteiger partial charge in [-0.3, -0.25) is 4.79 Å². The van der Waals surface area contributed by atoms with E-state index in [2.05, 4.69) is 71.3 Å². The van der Waals surface area contributed by atoms with Crippen molar-refractivity contribution in [3.8, 4) is 0 Å². The number of rotatable bonds is 3. The smallest absolute Gasteiger partial charge is 0.307 e. The molecule has 1 N–H and O–H groups in total. The summed E-state index contributed by atoms with van der Waals surface area (Å²) in [6.07, 6.45) is 2.76. The van der Waals surface area contributed by atoms with Crippen molar-refractivity contribution < 1.29 is 9.21 Å². The maximum atomic E-state index is 12.4. The van der Waals surface area contributed by atoms with Gasteiger partial charge in [0, 0.05) is 28.1 Å². The molecule has 6 heteroatoms. The number of carbonyl (C=O) groups is 1. The van der Waals surface area contributed by atoms with Crippen molar-refractivity contribution >= 4 is 44.7 Å². The summed E-state index contributed by atoms with van der Waals surface area (Å²) >= 11 is 3.42. The average Bonchev–Trinajstić information content (AvgIpc) is 3.09. The van der Waals surface area contributed by atoms with E-state index in [1.54, 1.807) is 12.3 Å². The fourth-order valence-corrected chi connectivity index (χ4v) is 4.40. The Labute approximate surface area is 178 Å². The van der Waals surface area contributed by atoms with Crippen LogP contribution in [0.1, 0.15) is 54.8 Å². The van der Waals surface area contributed by atoms with Gasteiger partial charge in [0.15, 0.2) is 5.76 Å². The molecule has 150 valence electrons. The molecule has 1 amide bonds. The van der Waals surface area contributed by atoms with Crippen LogP contribution in [0.15, 0.2) is 56.5 Å². The topological polar surface area (TPSA) is 57.8 Å². The molecule has 1 atom stereocenters. The second kappa shape index (κ2) is 7.34. The van der Waals surface area contributed by atoms with Crippen LogP contribution in [0.3, 0.4) is 0 Å². The minimum absolute atomic E-state index is 0.137. The van der Waals surface area contributed by atoms with Gasteiger partial charge in [-0.25, -0.2) is 5.43 Å². The fourth-order valence-electron chi connectivity index (χ4n) is 4.02. The van der Waals surface area contributed by atoms with Gasteiger partial charge in [0.05, 0.1) is 6.21 Å². The number of hydrogen-bond acceptors (Lipinski definition) is 4. The number of furan rings is 1. The summed E-state index contributed by atoms with van der Waals surface area (Å²) < 4.78 is 6.53. The van der Waals surface area contributed by atoms with Crippen molar-refractivity contribution in [1.29, 1.82) is 0 Å². The van der Waals surface area contributed by atoms with Crippen LogP contribution in [0, 0.1) is 0 Å². The zero-order valence-corrected chi connectivity index (χ0v) is 18.6. The van der Waals surface area contributed by atoms with Crippen LogP contribution < -0.4 is 10.3 Å². The lowest BCUT2D eigenvalue weighted by atomic mass is 9.80. The van der Waals surface area contributed by atoms with Gasteiger partial charge in [0.25, 0.3) is 0 Å². The maximum absolute atomic E-state index is 12.4. The van der Waals surface area contributed by atoms with Crippen LogP contribution in [0.2, 0.25) is 0 Å². The summed E-state index contributed by atoms with van der Waals surface area (Å²) in [4.78, 5) is 14.7. The van der Waals surface area contributed by atoms with Gasteiger partial charge in [-0.2, -0.15) is 5.10 Å². The number of nitrogens with one attached hydrogen (secondary N) is 1. The number of fused-ring (bicyclic) bond motifs is 2. The van der Waals surface area contributed by atoms with E-state index in [0.717, 1.165) is 21.8 Å². The Morgan fingerprint density at radius 3 is 2.86 bits per heavy atom. The Morgan fingerprint density at radius 2 is 2.07 bits per heavy atom. The van der Waals surface area contributed by atoms with Crippen LogP contribution in [0.25, 0.3) is 11.0 Å². The molecule has 2 heterocycles. The van der Waals surface area contributed by atoms with Crippen LogP contribution in [-0.4, -0.2) is 24.7 Å². The monoisotopic (exact) mass is 453 g/mol. The van der Waals surface area contributed by atoms with E-state index in [1.165, 1.54) is 11.3 Å². The molecule has 1 unspecified atom stereocenters. The molecule has 5 nitrogen and oxygen atoms in total. The fraction of sp³-hybridized carbons (Fsp3) is 0.304. The van der Waals surface area contributed by atoms with Gasteiger partial charge >= 0.3 is 5.91 Å². The molecule has 0 saturated carbocycles. The van der Waals surface area contributed by atoms with E-state index < -0.39 is 0 Å². The quantitative estimate of drug-likeness (QED) is 0.409. The molecule has 1 aromatic heterocycles. The zero-order valence-electron chi connectivity index (χ0n) is 17.0. The molecule has 0 fully saturated rings. The largest absolute Gasteiger partial charge is 0.451 e. The van der Waals surface area contributed by atoms with E-state index in [1.807, 2.05) is 24.3 Å². The van der Waals surface area contributed by atoms with Crippen molar-refractivity contribution in [2.75, 3.05) is 11.9 Å². The van der Waals surface area contributed by atoms with E-state index in [4.69, 9.17) is 4.42 Å². The Hall–Kier alpha value is -2.60. The average molecular weight is 454 g/mol. The van der Waals surface area contributed by atoms with E-state index in [-0.39, 0.29) is 17.2 Å². The second-order valence-corrected chi connectivity index (χ2v) is 9.20. The third-order valence-corrected chi connectivity index (χ3v) is 6.23. The van der Waals surface area contributed by atoms with Crippen molar-refractivity contribution in [1.82, 2.24) is 5.43 Å². The first-order chi connectivity index (χ1) is 13.7. The van der Waals surface area contributed by atoms with Gasteiger partial charge in [-0.15, -0.1) is 0 Å². The van der Waals surface area contributed by atoms with Gasteiger partial charge in [-0.05, 0) is 73.7 Å². The predicted molar refractivity (Wildman–Crippen MR) is 121 cm³/mol. The van der Waals surface area contributed by atoms with Crippen molar-refractivity contribution in [2.24, 2.45) is 5.10 Å². The lowest BCUT2D eigenvalue weighted by molar-refractivity contribution is 0.0929. The van der Waals surface area contributed by atoms with Crippen LogP contribution in [0.4, 0.5) is 5.69 Å². The summed E-state index contributed by atoms with van der Waals surface area (Å²) in [6, 6.07) is 13.6. The first-order valence-electron chi connectivity index (χ1n) is 9.65. The van der Waals surface area contributed by atoms with E-state index in [9.17, 15) is 4.79 Å². The Bertz CT molecular complexity index is 1120. The molecule has 4 rings (SSSR count). The highest BCUT2D eigenvalue weighted by atomic mass is 79.9. The van der Waals surface area contributed by atoms with Crippen LogP contribution in [-0.2, 0) is 0 Å². The van der Waals surface area contributed by atoms with Crippen LogP contribution in [0.5, 0.6) is 0 Å². The van der Waals surface area contributed by atoms with Crippen molar-refractivity contribution in [3.63, 3.8) is 0 Å². The minimum Gasteiger partial charge on any atom is -0.451 e. The van der Waals surface area contributed by atoms with Gasteiger partial charge in [0.2, 0.25) is 0 Å². The molecule has 0 bridgehead atoms. The minimum atomic E-state index is -0.374. The molecule has 0 saturated heterocycles. The van der Waals surface area contributed by atoms with Crippen LogP contribution >= 0.6 is 15.9 Å². The standard InChI is InChI=1S/C23H24BrN3O2/c1-14-12-23(2,3)27(4)19-7-5-15(9-18(14)19)13-25-26-22(28)21-11-16-10-17(24)6-8-20(16)29-21/h5-11,13-14H,12H2,1-4H3,(H,26,28)/b25-13+. The maximum Gasteiger partial charge on any atom is 0.307 e. The summed E-state index contributed by atoms with van der Waals surface area (Å²) in [7, 11) is 2.14. The number of hydrogen-bond donors (Lipinski definition) is 1. The third-order valence-electron chi connectivity index (χ3n) is 5.74.